The van der Waals surface area contributed by atoms with Crippen LogP contribution in [0.3, 0.4) is 0 Å². The van der Waals surface area contributed by atoms with E-state index in [0.717, 1.165) is 11.1 Å². The van der Waals surface area contributed by atoms with Crippen LogP contribution in [-0.4, -0.2) is 11.2 Å². The summed E-state index contributed by atoms with van der Waals surface area (Å²) in [5.41, 5.74) is 3.13. The van der Waals surface area contributed by atoms with Gasteiger partial charge in [-0.2, -0.15) is 0 Å². The third-order valence-corrected chi connectivity index (χ3v) is 4.01. The van der Waals surface area contributed by atoms with E-state index in [1.807, 2.05) is 44.2 Å². The fourth-order valence-electron chi connectivity index (χ4n) is 2.71. The second-order valence-corrected chi connectivity index (χ2v) is 5.77. The molecule has 1 aliphatic heterocycles. The van der Waals surface area contributed by atoms with Crippen molar-refractivity contribution in [2.75, 3.05) is 5.32 Å². The highest BCUT2D eigenvalue weighted by Gasteiger charge is 2.27. The maximum atomic E-state index is 12.3. The highest BCUT2D eigenvalue weighted by Crippen LogP contribution is 2.34. The Bertz CT molecular complexity index is 758. The third-order valence-electron chi connectivity index (χ3n) is 4.01. The van der Waals surface area contributed by atoms with Gasteiger partial charge < -0.3 is 14.0 Å². The SMILES string of the molecule is Cc1ccccc1C(C)OC(=O)Nc1c(C)noc1C1CC=CO1. The summed E-state index contributed by atoms with van der Waals surface area (Å²) < 4.78 is 16.2. The topological polar surface area (TPSA) is 73.6 Å². The van der Waals surface area contributed by atoms with Crippen LogP contribution < -0.4 is 5.32 Å². The fourth-order valence-corrected chi connectivity index (χ4v) is 2.71. The van der Waals surface area contributed by atoms with Gasteiger partial charge in [0.15, 0.2) is 6.10 Å². The molecule has 1 amide bonds. The maximum Gasteiger partial charge on any atom is 0.412 e. The minimum absolute atomic E-state index is 0.268. The van der Waals surface area contributed by atoms with E-state index in [9.17, 15) is 4.79 Å². The highest BCUT2D eigenvalue weighted by molar-refractivity contribution is 5.86. The van der Waals surface area contributed by atoms with Crippen LogP contribution >= 0.6 is 0 Å². The molecule has 6 heteroatoms. The molecule has 0 saturated carbocycles. The first-order valence-electron chi connectivity index (χ1n) is 7.86. The van der Waals surface area contributed by atoms with Crippen LogP contribution in [0.5, 0.6) is 0 Å². The second kappa shape index (κ2) is 6.78. The van der Waals surface area contributed by atoms with Crippen molar-refractivity contribution in [3.8, 4) is 0 Å². The van der Waals surface area contributed by atoms with E-state index in [-0.39, 0.29) is 12.2 Å². The standard InChI is InChI=1S/C18H20N2O4/c1-11-7-4-5-8-14(11)13(3)23-18(21)19-16-12(2)20-24-17(16)15-9-6-10-22-15/h4-8,10,13,15H,9H2,1-3H3,(H,19,21). The van der Waals surface area contributed by atoms with Crippen molar-refractivity contribution in [2.45, 2.75) is 39.4 Å². The lowest BCUT2D eigenvalue weighted by atomic mass is 10.1. The van der Waals surface area contributed by atoms with Crippen molar-refractivity contribution in [2.24, 2.45) is 0 Å². The molecule has 0 spiro atoms. The molecule has 2 unspecified atom stereocenters. The lowest BCUT2D eigenvalue weighted by Gasteiger charge is -2.16. The Morgan fingerprint density at radius 1 is 1.38 bits per heavy atom. The Morgan fingerprint density at radius 2 is 2.17 bits per heavy atom. The van der Waals surface area contributed by atoms with Gasteiger partial charge in [-0.25, -0.2) is 4.79 Å². The Kier molecular flexibility index (Phi) is 4.55. The summed E-state index contributed by atoms with van der Waals surface area (Å²) in [6.45, 7) is 5.59. The lowest BCUT2D eigenvalue weighted by Crippen LogP contribution is -2.18. The lowest BCUT2D eigenvalue weighted by molar-refractivity contribution is 0.120. The van der Waals surface area contributed by atoms with Gasteiger partial charge in [0.2, 0.25) is 5.76 Å². The Hall–Kier alpha value is -2.76. The van der Waals surface area contributed by atoms with Crippen molar-refractivity contribution >= 4 is 11.8 Å². The summed E-state index contributed by atoms with van der Waals surface area (Å²) in [5, 5.41) is 6.64. The normalized spacial score (nSPS) is 17.4. The molecule has 0 radical (unpaired) electrons. The molecular formula is C18H20N2O4. The number of nitrogens with zero attached hydrogens (tertiary/aromatic N) is 1. The van der Waals surface area contributed by atoms with Gasteiger partial charge in [-0.3, -0.25) is 5.32 Å². The Morgan fingerprint density at radius 3 is 2.88 bits per heavy atom. The Balaban J connectivity index is 1.69. The van der Waals surface area contributed by atoms with E-state index in [0.29, 0.717) is 23.6 Å². The molecule has 1 N–H and O–H groups in total. The number of benzene rings is 1. The van der Waals surface area contributed by atoms with E-state index < -0.39 is 6.09 Å². The van der Waals surface area contributed by atoms with Gasteiger partial charge >= 0.3 is 6.09 Å². The number of amides is 1. The monoisotopic (exact) mass is 328 g/mol. The first-order chi connectivity index (χ1) is 11.6. The van der Waals surface area contributed by atoms with Crippen molar-refractivity contribution in [3.63, 3.8) is 0 Å². The number of carbonyl (C=O) groups excluding carboxylic acids is 1. The fraction of sp³-hybridized carbons (Fsp3) is 0.333. The number of hydrogen-bond acceptors (Lipinski definition) is 5. The van der Waals surface area contributed by atoms with Gasteiger partial charge in [0.25, 0.3) is 0 Å². The summed E-state index contributed by atoms with van der Waals surface area (Å²) in [6, 6.07) is 7.81. The molecule has 3 rings (SSSR count). The van der Waals surface area contributed by atoms with Crippen LogP contribution in [0.15, 0.2) is 41.1 Å². The van der Waals surface area contributed by atoms with E-state index in [2.05, 4.69) is 10.5 Å². The molecule has 0 aliphatic carbocycles. The minimum Gasteiger partial charge on any atom is -0.490 e. The molecule has 0 bridgehead atoms. The highest BCUT2D eigenvalue weighted by atomic mass is 16.6. The van der Waals surface area contributed by atoms with E-state index in [1.54, 1.807) is 13.2 Å². The van der Waals surface area contributed by atoms with E-state index >= 15 is 0 Å². The predicted molar refractivity (Wildman–Crippen MR) is 88.5 cm³/mol. The average Bonchev–Trinajstić information content (AvgIpc) is 3.18. The van der Waals surface area contributed by atoms with Gasteiger partial charge in [0, 0.05) is 6.42 Å². The first-order valence-corrected chi connectivity index (χ1v) is 7.86. The van der Waals surface area contributed by atoms with Crippen molar-refractivity contribution in [1.82, 2.24) is 5.16 Å². The second-order valence-electron chi connectivity index (χ2n) is 5.77. The zero-order valence-corrected chi connectivity index (χ0v) is 13.9. The number of anilines is 1. The number of aryl methyl sites for hydroxylation is 2. The van der Waals surface area contributed by atoms with Gasteiger partial charge in [0.1, 0.15) is 17.5 Å². The van der Waals surface area contributed by atoms with Crippen LogP contribution in [0.1, 0.15) is 48.1 Å². The smallest absolute Gasteiger partial charge is 0.412 e. The molecular weight excluding hydrogens is 308 g/mol. The van der Waals surface area contributed by atoms with Gasteiger partial charge in [-0.05, 0) is 38.0 Å². The van der Waals surface area contributed by atoms with E-state index in [1.165, 1.54) is 0 Å². The number of rotatable bonds is 4. The van der Waals surface area contributed by atoms with Crippen molar-refractivity contribution < 1.29 is 18.8 Å². The van der Waals surface area contributed by atoms with Crippen LogP contribution in [0.25, 0.3) is 0 Å². The molecule has 0 fully saturated rings. The number of ether oxygens (including phenoxy) is 2. The van der Waals surface area contributed by atoms with Gasteiger partial charge in [-0.1, -0.05) is 29.4 Å². The van der Waals surface area contributed by atoms with Crippen LogP contribution in [0, 0.1) is 13.8 Å². The minimum atomic E-state index is -0.552. The van der Waals surface area contributed by atoms with Crippen LogP contribution in [0.2, 0.25) is 0 Å². The molecule has 1 aromatic carbocycles. The first kappa shape index (κ1) is 16.1. The zero-order chi connectivity index (χ0) is 17.1. The quantitative estimate of drug-likeness (QED) is 0.889. The molecule has 1 aromatic heterocycles. The van der Waals surface area contributed by atoms with Crippen LogP contribution in [-0.2, 0) is 9.47 Å². The number of carbonyl (C=O) groups is 1. The molecule has 6 nitrogen and oxygen atoms in total. The van der Waals surface area contributed by atoms with Crippen molar-refractivity contribution in [1.29, 1.82) is 0 Å². The molecule has 2 aromatic rings. The maximum absolute atomic E-state index is 12.3. The molecule has 2 heterocycles. The summed E-state index contributed by atoms with van der Waals surface area (Å²) in [7, 11) is 0. The van der Waals surface area contributed by atoms with Crippen molar-refractivity contribution in [3.05, 3.63) is 59.2 Å². The summed E-state index contributed by atoms with van der Waals surface area (Å²) in [4.78, 5) is 12.3. The zero-order valence-electron chi connectivity index (χ0n) is 13.9. The molecule has 24 heavy (non-hydrogen) atoms. The molecule has 2 atom stereocenters. The van der Waals surface area contributed by atoms with E-state index in [4.69, 9.17) is 14.0 Å². The summed E-state index contributed by atoms with van der Waals surface area (Å²) in [6.07, 6.45) is 3.01. The summed E-state index contributed by atoms with van der Waals surface area (Å²) >= 11 is 0. The Labute approximate surface area is 140 Å². The number of aromatic nitrogens is 1. The van der Waals surface area contributed by atoms with Gasteiger partial charge in [-0.15, -0.1) is 0 Å². The molecule has 1 aliphatic rings. The molecule has 0 saturated heterocycles. The van der Waals surface area contributed by atoms with Gasteiger partial charge in [0.05, 0.1) is 6.26 Å². The predicted octanol–water partition coefficient (Wildman–Crippen LogP) is 4.58. The largest absolute Gasteiger partial charge is 0.490 e. The molecule has 126 valence electrons. The third kappa shape index (κ3) is 3.27. The number of hydrogen-bond donors (Lipinski definition) is 1. The summed E-state index contributed by atoms with van der Waals surface area (Å²) in [5.74, 6) is 0.498. The van der Waals surface area contributed by atoms with Crippen LogP contribution in [0.4, 0.5) is 10.5 Å². The average molecular weight is 328 g/mol. The number of nitrogens with one attached hydrogen (secondary N) is 1.